The minimum Gasteiger partial charge on any atom is -0.303 e. The number of pyridine rings is 1. The van der Waals surface area contributed by atoms with Crippen LogP contribution in [0.1, 0.15) is 24.8 Å². The molecule has 0 radical (unpaired) electrons. The zero-order valence-electron chi connectivity index (χ0n) is 10.8. The van der Waals surface area contributed by atoms with Gasteiger partial charge >= 0.3 is 0 Å². The summed E-state index contributed by atoms with van der Waals surface area (Å²) in [5, 5.41) is 0. The quantitative estimate of drug-likeness (QED) is 0.753. The van der Waals surface area contributed by atoms with E-state index in [-0.39, 0.29) is 0 Å². The van der Waals surface area contributed by atoms with Gasteiger partial charge in [0.15, 0.2) is 0 Å². The van der Waals surface area contributed by atoms with E-state index >= 15 is 0 Å². The van der Waals surface area contributed by atoms with E-state index in [1.165, 1.54) is 11.1 Å². The van der Waals surface area contributed by atoms with Crippen LogP contribution in [0.25, 0.3) is 0 Å². The third-order valence-corrected chi connectivity index (χ3v) is 2.41. The van der Waals surface area contributed by atoms with Gasteiger partial charge in [-0.3, -0.25) is 4.98 Å². The van der Waals surface area contributed by atoms with Gasteiger partial charge in [0.2, 0.25) is 0 Å². The molecule has 0 amide bonds. The second-order valence-corrected chi connectivity index (χ2v) is 4.04. The molecule has 2 rings (SSSR count). The van der Waals surface area contributed by atoms with Crippen molar-refractivity contribution in [1.82, 2.24) is 4.98 Å². The lowest BCUT2D eigenvalue weighted by Gasteiger charge is -1.93. The lowest BCUT2D eigenvalue weighted by atomic mass is 10.1. The SMILES string of the molecule is Cc1cccnc1.O=CCCC1=CC=CCC=C1. The molecule has 1 heterocycles. The third kappa shape index (κ3) is 6.59. The van der Waals surface area contributed by atoms with Crippen molar-refractivity contribution in [2.75, 3.05) is 0 Å². The van der Waals surface area contributed by atoms with Crippen molar-refractivity contribution in [3.8, 4) is 0 Å². The molecule has 0 aromatic carbocycles. The van der Waals surface area contributed by atoms with E-state index in [2.05, 4.69) is 29.3 Å². The van der Waals surface area contributed by atoms with Crippen molar-refractivity contribution in [3.63, 3.8) is 0 Å². The maximum atomic E-state index is 10.1. The number of aldehydes is 1. The van der Waals surface area contributed by atoms with Gasteiger partial charge < -0.3 is 4.79 Å². The molecule has 1 aliphatic rings. The minimum atomic E-state index is 0.629. The molecule has 0 atom stereocenters. The summed E-state index contributed by atoms with van der Waals surface area (Å²) in [5.74, 6) is 0. The highest BCUT2D eigenvalue weighted by atomic mass is 16.1. The lowest BCUT2D eigenvalue weighted by molar-refractivity contribution is -0.107. The van der Waals surface area contributed by atoms with Crippen molar-refractivity contribution in [2.24, 2.45) is 0 Å². The fraction of sp³-hybridized carbons (Fsp3) is 0.250. The first-order valence-electron chi connectivity index (χ1n) is 6.15. The number of carbonyl (C=O) groups is 1. The molecule has 0 saturated carbocycles. The maximum Gasteiger partial charge on any atom is 0.120 e. The number of nitrogens with zero attached hydrogens (tertiary/aromatic N) is 1. The number of carbonyl (C=O) groups excluding carboxylic acids is 1. The predicted molar refractivity (Wildman–Crippen MR) is 75.3 cm³/mol. The molecular formula is C16H19NO. The second-order valence-electron chi connectivity index (χ2n) is 4.04. The summed E-state index contributed by atoms with van der Waals surface area (Å²) >= 11 is 0. The van der Waals surface area contributed by atoms with Gasteiger partial charge in [0.25, 0.3) is 0 Å². The van der Waals surface area contributed by atoms with E-state index in [1.807, 2.05) is 31.3 Å². The molecule has 2 nitrogen and oxygen atoms in total. The van der Waals surface area contributed by atoms with Crippen LogP contribution >= 0.6 is 0 Å². The fourth-order valence-corrected chi connectivity index (χ4v) is 1.46. The van der Waals surface area contributed by atoms with E-state index in [0.29, 0.717) is 6.42 Å². The first kappa shape index (κ1) is 14.1. The molecule has 0 bridgehead atoms. The van der Waals surface area contributed by atoms with Crippen LogP contribution in [0.15, 0.2) is 60.5 Å². The standard InChI is InChI=1S/C10H12O.C6H7N/c11-9-5-8-10-6-3-1-2-4-7-10;1-6-3-2-4-7-5-6/h1,3-4,6-7,9H,2,5,8H2;2-5H,1H3. The molecule has 2 heteroatoms. The molecule has 0 fully saturated rings. The number of hydrogen-bond donors (Lipinski definition) is 0. The van der Waals surface area contributed by atoms with Crippen molar-refractivity contribution in [2.45, 2.75) is 26.2 Å². The van der Waals surface area contributed by atoms with E-state index in [4.69, 9.17) is 0 Å². The minimum absolute atomic E-state index is 0.629. The molecule has 0 unspecified atom stereocenters. The Labute approximate surface area is 109 Å². The molecular weight excluding hydrogens is 222 g/mol. The van der Waals surface area contributed by atoms with Gasteiger partial charge in [0, 0.05) is 18.8 Å². The van der Waals surface area contributed by atoms with Crippen molar-refractivity contribution in [3.05, 3.63) is 66.0 Å². The number of allylic oxidation sites excluding steroid dienone is 6. The van der Waals surface area contributed by atoms with E-state index < -0.39 is 0 Å². The summed E-state index contributed by atoms with van der Waals surface area (Å²) in [6.07, 6.45) is 17.5. The smallest absolute Gasteiger partial charge is 0.120 e. The molecule has 0 saturated heterocycles. The third-order valence-electron chi connectivity index (χ3n) is 2.41. The van der Waals surface area contributed by atoms with Crippen LogP contribution in [-0.4, -0.2) is 11.3 Å². The highest BCUT2D eigenvalue weighted by molar-refractivity contribution is 5.50. The molecule has 0 N–H and O–H groups in total. The van der Waals surface area contributed by atoms with Gasteiger partial charge in [-0.1, -0.05) is 36.4 Å². The van der Waals surface area contributed by atoms with Crippen LogP contribution in [0.2, 0.25) is 0 Å². The maximum absolute atomic E-state index is 10.1. The lowest BCUT2D eigenvalue weighted by Crippen LogP contribution is -1.79. The van der Waals surface area contributed by atoms with Crippen molar-refractivity contribution in [1.29, 1.82) is 0 Å². The molecule has 0 spiro atoms. The topological polar surface area (TPSA) is 30.0 Å². The van der Waals surface area contributed by atoms with Crippen LogP contribution in [0.3, 0.4) is 0 Å². The monoisotopic (exact) mass is 241 g/mol. The summed E-state index contributed by atoms with van der Waals surface area (Å²) in [6, 6.07) is 3.95. The largest absolute Gasteiger partial charge is 0.303 e. The molecule has 0 aliphatic heterocycles. The average Bonchev–Trinajstić information content (AvgIpc) is 2.66. The fourth-order valence-electron chi connectivity index (χ4n) is 1.46. The molecule has 1 aromatic heterocycles. The highest BCUT2D eigenvalue weighted by Gasteiger charge is 1.91. The van der Waals surface area contributed by atoms with Crippen molar-refractivity contribution >= 4 is 6.29 Å². The molecule has 18 heavy (non-hydrogen) atoms. The van der Waals surface area contributed by atoms with Crippen LogP contribution in [0.5, 0.6) is 0 Å². The van der Waals surface area contributed by atoms with Gasteiger partial charge in [-0.25, -0.2) is 0 Å². The number of aromatic nitrogens is 1. The molecule has 1 aliphatic carbocycles. The van der Waals surface area contributed by atoms with Gasteiger partial charge in [0.1, 0.15) is 6.29 Å². The summed E-state index contributed by atoms with van der Waals surface area (Å²) in [5.41, 5.74) is 2.45. The average molecular weight is 241 g/mol. The van der Waals surface area contributed by atoms with E-state index in [9.17, 15) is 4.79 Å². The zero-order valence-corrected chi connectivity index (χ0v) is 10.8. The zero-order chi connectivity index (χ0) is 13.1. The first-order chi connectivity index (χ1) is 8.83. The summed E-state index contributed by atoms with van der Waals surface area (Å²) in [4.78, 5) is 13.9. The van der Waals surface area contributed by atoms with Crippen LogP contribution in [-0.2, 0) is 4.79 Å². The Kier molecular flexibility index (Phi) is 7.14. The molecule has 1 aromatic rings. The summed E-state index contributed by atoms with van der Waals surface area (Å²) in [7, 11) is 0. The van der Waals surface area contributed by atoms with Crippen molar-refractivity contribution < 1.29 is 4.79 Å². The van der Waals surface area contributed by atoms with Gasteiger partial charge in [-0.2, -0.15) is 0 Å². The van der Waals surface area contributed by atoms with Crippen LogP contribution in [0, 0.1) is 6.92 Å². The summed E-state index contributed by atoms with van der Waals surface area (Å²) < 4.78 is 0. The Balaban J connectivity index is 0.000000199. The van der Waals surface area contributed by atoms with E-state index in [0.717, 1.165) is 19.1 Å². The number of rotatable bonds is 3. The Morgan fingerprint density at radius 3 is 2.89 bits per heavy atom. The Morgan fingerprint density at radius 2 is 2.28 bits per heavy atom. The van der Waals surface area contributed by atoms with Gasteiger partial charge in [0.05, 0.1) is 0 Å². The number of hydrogen-bond acceptors (Lipinski definition) is 2. The van der Waals surface area contributed by atoms with Gasteiger partial charge in [-0.15, -0.1) is 0 Å². The normalized spacial score (nSPS) is 13.1. The molecule has 94 valence electrons. The predicted octanol–water partition coefficient (Wildman–Crippen LogP) is 3.80. The first-order valence-corrected chi connectivity index (χ1v) is 6.15. The summed E-state index contributed by atoms with van der Waals surface area (Å²) in [6.45, 7) is 2.02. The Bertz CT molecular complexity index is 430. The number of aryl methyl sites for hydroxylation is 1. The highest BCUT2D eigenvalue weighted by Crippen LogP contribution is 2.09. The second kappa shape index (κ2) is 9.11. The van der Waals surface area contributed by atoms with Crippen LogP contribution < -0.4 is 0 Å². The Morgan fingerprint density at radius 1 is 1.39 bits per heavy atom. The van der Waals surface area contributed by atoms with E-state index in [1.54, 1.807) is 6.20 Å². The van der Waals surface area contributed by atoms with Gasteiger partial charge in [-0.05, 0) is 37.0 Å². The Hall–Kier alpha value is -1.96. The van der Waals surface area contributed by atoms with Crippen LogP contribution in [0.4, 0.5) is 0 Å².